The van der Waals surface area contributed by atoms with Gasteiger partial charge in [0, 0.05) is 0 Å². The highest BCUT2D eigenvalue weighted by atomic mass is 16.3. The Balaban J connectivity index is 1.93. The van der Waals surface area contributed by atoms with E-state index in [0.717, 1.165) is 5.56 Å². The van der Waals surface area contributed by atoms with Gasteiger partial charge in [-0.3, -0.25) is 4.79 Å². The van der Waals surface area contributed by atoms with Crippen LogP contribution in [0.5, 0.6) is 5.75 Å². The van der Waals surface area contributed by atoms with E-state index in [1.54, 1.807) is 37.3 Å². The highest BCUT2D eigenvalue weighted by molar-refractivity contribution is 5.77. The summed E-state index contributed by atoms with van der Waals surface area (Å²) in [4.78, 5) is 16.9. The van der Waals surface area contributed by atoms with Gasteiger partial charge in [0.15, 0.2) is 0 Å². The first kappa shape index (κ1) is 13.2. The highest BCUT2D eigenvalue weighted by Crippen LogP contribution is 2.10. The van der Waals surface area contributed by atoms with E-state index in [2.05, 4.69) is 10.4 Å². The van der Waals surface area contributed by atoms with E-state index in [-0.39, 0.29) is 11.3 Å². The molecule has 1 aromatic heterocycles. The van der Waals surface area contributed by atoms with E-state index in [4.69, 9.17) is 0 Å². The fourth-order valence-corrected chi connectivity index (χ4v) is 2.21. The molecule has 0 spiro atoms. The summed E-state index contributed by atoms with van der Waals surface area (Å²) in [6.07, 6.45) is 0. The largest absolute Gasteiger partial charge is 0.508 e. The molecule has 106 valence electrons. The average Bonchev–Trinajstić information content (AvgIpc) is 2.49. The lowest BCUT2D eigenvalue weighted by molar-refractivity contribution is 0.475. The molecule has 3 aromatic rings. The zero-order valence-electron chi connectivity index (χ0n) is 11.6. The van der Waals surface area contributed by atoms with Crippen LogP contribution >= 0.6 is 0 Å². The number of hydrogen-bond acceptors (Lipinski definition) is 4. The monoisotopic (exact) mass is 281 g/mol. The van der Waals surface area contributed by atoms with E-state index in [1.807, 2.05) is 18.2 Å². The topological polar surface area (TPSA) is 67.2 Å². The van der Waals surface area contributed by atoms with Crippen molar-refractivity contribution in [2.45, 2.75) is 13.5 Å². The fraction of sp³-hybridized carbons (Fsp3) is 0.125. The van der Waals surface area contributed by atoms with Crippen LogP contribution in [0.25, 0.3) is 10.9 Å². The van der Waals surface area contributed by atoms with Crippen LogP contribution in [0, 0.1) is 6.92 Å². The third kappa shape index (κ3) is 2.58. The normalized spacial score (nSPS) is 10.7. The van der Waals surface area contributed by atoms with Gasteiger partial charge in [0.1, 0.15) is 11.6 Å². The molecule has 0 saturated carbocycles. The molecule has 5 heteroatoms. The molecule has 0 amide bonds. The third-order valence-corrected chi connectivity index (χ3v) is 3.32. The van der Waals surface area contributed by atoms with Gasteiger partial charge >= 0.3 is 0 Å². The van der Waals surface area contributed by atoms with Crippen molar-refractivity contribution in [1.29, 1.82) is 0 Å². The van der Waals surface area contributed by atoms with Crippen LogP contribution in [0.4, 0.5) is 0 Å². The van der Waals surface area contributed by atoms with Gasteiger partial charge in [-0.1, -0.05) is 24.3 Å². The van der Waals surface area contributed by atoms with E-state index in [9.17, 15) is 9.90 Å². The van der Waals surface area contributed by atoms with Crippen LogP contribution in [-0.4, -0.2) is 14.8 Å². The summed E-state index contributed by atoms with van der Waals surface area (Å²) in [6, 6.07) is 14.1. The third-order valence-electron chi connectivity index (χ3n) is 3.32. The van der Waals surface area contributed by atoms with Crippen molar-refractivity contribution in [3.63, 3.8) is 0 Å². The van der Waals surface area contributed by atoms with Crippen LogP contribution in [-0.2, 0) is 6.54 Å². The number of hydrogen-bond donors (Lipinski definition) is 2. The Morgan fingerprint density at radius 3 is 2.62 bits per heavy atom. The Labute approximate surface area is 121 Å². The molecule has 2 N–H and O–H groups in total. The molecule has 2 aromatic carbocycles. The number of aromatic nitrogens is 2. The lowest BCUT2D eigenvalue weighted by Crippen LogP contribution is -2.31. The predicted molar refractivity (Wildman–Crippen MR) is 81.9 cm³/mol. The molecule has 0 aliphatic heterocycles. The molecule has 0 fully saturated rings. The fourth-order valence-electron chi connectivity index (χ4n) is 2.21. The first-order chi connectivity index (χ1) is 10.1. The van der Waals surface area contributed by atoms with Crippen LogP contribution < -0.4 is 11.0 Å². The standard InChI is InChI=1S/C16H15N3O2/c1-11-18-15-5-3-2-4-14(15)16(21)19(11)17-10-12-6-8-13(20)9-7-12/h2-9,17,20H,10H2,1H3. The van der Waals surface area contributed by atoms with Gasteiger partial charge in [-0.15, -0.1) is 0 Å². The van der Waals surface area contributed by atoms with E-state index in [1.165, 1.54) is 4.68 Å². The molecule has 0 bridgehead atoms. The first-order valence-electron chi connectivity index (χ1n) is 6.65. The smallest absolute Gasteiger partial charge is 0.279 e. The van der Waals surface area contributed by atoms with Crippen molar-refractivity contribution in [3.8, 4) is 5.75 Å². The Kier molecular flexibility index (Phi) is 3.31. The van der Waals surface area contributed by atoms with Crippen molar-refractivity contribution < 1.29 is 5.11 Å². The number of fused-ring (bicyclic) bond motifs is 1. The second-order valence-corrected chi connectivity index (χ2v) is 4.82. The minimum absolute atomic E-state index is 0.114. The van der Waals surface area contributed by atoms with Crippen molar-refractivity contribution in [3.05, 3.63) is 70.3 Å². The average molecular weight is 281 g/mol. The quantitative estimate of drug-likeness (QED) is 0.772. The Morgan fingerprint density at radius 2 is 1.86 bits per heavy atom. The summed E-state index contributed by atoms with van der Waals surface area (Å²) in [5.41, 5.74) is 4.62. The highest BCUT2D eigenvalue weighted by Gasteiger charge is 2.07. The van der Waals surface area contributed by atoms with Gasteiger partial charge in [-0.05, 0) is 36.8 Å². The molecule has 0 saturated heterocycles. The first-order valence-corrected chi connectivity index (χ1v) is 6.65. The lowest BCUT2D eigenvalue weighted by Gasteiger charge is -2.13. The summed E-state index contributed by atoms with van der Waals surface area (Å²) < 4.78 is 1.45. The van der Waals surface area contributed by atoms with Crippen LogP contribution in [0.15, 0.2) is 53.3 Å². The summed E-state index contributed by atoms with van der Waals surface area (Å²) in [7, 11) is 0. The van der Waals surface area contributed by atoms with Crippen molar-refractivity contribution in [1.82, 2.24) is 9.66 Å². The number of phenols is 1. The van der Waals surface area contributed by atoms with Crippen LogP contribution in [0.1, 0.15) is 11.4 Å². The minimum atomic E-state index is -0.114. The summed E-state index contributed by atoms with van der Waals surface area (Å²) in [6.45, 7) is 2.26. The second-order valence-electron chi connectivity index (χ2n) is 4.82. The van der Waals surface area contributed by atoms with Gasteiger partial charge in [0.05, 0.1) is 17.4 Å². The molecule has 1 heterocycles. The van der Waals surface area contributed by atoms with E-state index in [0.29, 0.717) is 23.3 Å². The zero-order valence-corrected chi connectivity index (χ0v) is 11.6. The number of phenolic OH excluding ortho intramolecular Hbond substituents is 1. The number of rotatable bonds is 3. The Bertz CT molecular complexity index is 838. The zero-order chi connectivity index (χ0) is 14.8. The number of benzene rings is 2. The SMILES string of the molecule is Cc1nc2ccccc2c(=O)n1NCc1ccc(O)cc1. The Morgan fingerprint density at radius 1 is 1.14 bits per heavy atom. The molecule has 0 unspecified atom stereocenters. The predicted octanol–water partition coefficient (Wildman–Crippen LogP) is 2.15. The number of para-hydroxylation sites is 1. The van der Waals surface area contributed by atoms with E-state index < -0.39 is 0 Å². The molecule has 3 rings (SSSR count). The second kappa shape index (κ2) is 5.28. The van der Waals surface area contributed by atoms with Gasteiger partial charge in [-0.25, -0.2) is 9.66 Å². The van der Waals surface area contributed by atoms with Gasteiger partial charge in [0.25, 0.3) is 5.56 Å². The summed E-state index contributed by atoms with van der Waals surface area (Å²) in [5, 5.41) is 9.85. The summed E-state index contributed by atoms with van der Waals surface area (Å²) >= 11 is 0. The molecular formula is C16H15N3O2. The van der Waals surface area contributed by atoms with E-state index >= 15 is 0 Å². The maximum Gasteiger partial charge on any atom is 0.279 e. The van der Waals surface area contributed by atoms with Gasteiger partial charge < -0.3 is 10.5 Å². The maximum absolute atomic E-state index is 12.4. The van der Waals surface area contributed by atoms with Crippen LogP contribution in [0.2, 0.25) is 0 Å². The van der Waals surface area contributed by atoms with Crippen molar-refractivity contribution in [2.75, 3.05) is 5.43 Å². The number of nitrogens with zero attached hydrogens (tertiary/aromatic N) is 2. The lowest BCUT2D eigenvalue weighted by atomic mass is 10.2. The number of aryl methyl sites for hydroxylation is 1. The molecule has 0 aliphatic rings. The summed E-state index contributed by atoms with van der Waals surface area (Å²) in [5.74, 6) is 0.831. The molecule has 0 radical (unpaired) electrons. The van der Waals surface area contributed by atoms with Crippen LogP contribution in [0.3, 0.4) is 0 Å². The van der Waals surface area contributed by atoms with Crippen molar-refractivity contribution in [2.24, 2.45) is 0 Å². The molecule has 21 heavy (non-hydrogen) atoms. The molecular weight excluding hydrogens is 266 g/mol. The van der Waals surface area contributed by atoms with Gasteiger partial charge in [-0.2, -0.15) is 0 Å². The van der Waals surface area contributed by atoms with Gasteiger partial charge in [0.2, 0.25) is 0 Å². The number of aromatic hydroxyl groups is 1. The Hall–Kier alpha value is -2.82. The molecule has 0 aliphatic carbocycles. The molecule has 0 atom stereocenters. The number of nitrogens with one attached hydrogen (secondary N) is 1. The van der Waals surface area contributed by atoms with Crippen molar-refractivity contribution >= 4 is 10.9 Å². The molecule has 5 nitrogen and oxygen atoms in total. The maximum atomic E-state index is 12.4. The minimum Gasteiger partial charge on any atom is -0.508 e.